The molecule has 0 radical (unpaired) electrons. The zero-order valence-corrected chi connectivity index (χ0v) is 19.7. The largest absolute Gasteiger partial charge is 0.506 e. The fourth-order valence-corrected chi connectivity index (χ4v) is 4.84. The molecule has 1 aliphatic heterocycles. The summed E-state index contributed by atoms with van der Waals surface area (Å²) in [6, 6.07) is 4.53. The third kappa shape index (κ3) is 4.49. The summed E-state index contributed by atoms with van der Waals surface area (Å²) in [5, 5.41) is 54.5. The van der Waals surface area contributed by atoms with Crippen molar-refractivity contribution < 1.29 is 44.5 Å². The second-order valence-electron chi connectivity index (χ2n) is 9.26. The first-order valence-electron chi connectivity index (χ1n) is 11.4. The molecule has 0 amide bonds. The molecule has 7 atom stereocenters. The number of carbonyl (C=O) groups excluding carboxylic acids is 1. The van der Waals surface area contributed by atoms with Gasteiger partial charge in [-0.3, -0.25) is 4.79 Å². The zero-order chi connectivity index (χ0) is 25.7. The maximum Gasteiger partial charge on any atom is 0.229 e. The van der Waals surface area contributed by atoms with Gasteiger partial charge in [-0.05, 0) is 43.7 Å². The molecule has 1 aliphatic carbocycles. The van der Waals surface area contributed by atoms with Gasteiger partial charge in [0.05, 0.1) is 18.1 Å². The van der Waals surface area contributed by atoms with E-state index in [9.17, 15) is 30.3 Å². The quantitative estimate of drug-likeness (QED) is 0.259. The van der Waals surface area contributed by atoms with Crippen LogP contribution >= 0.6 is 0 Å². The molecule has 10 heteroatoms. The van der Waals surface area contributed by atoms with E-state index in [0.717, 1.165) is 0 Å². The Hall–Kier alpha value is -2.73. The molecule has 0 bridgehead atoms. The first-order valence-corrected chi connectivity index (χ1v) is 11.4. The number of phenolic OH excluding ortho intramolecular Hbond substituents is 1. The summed E-state index contributed by atoms with van der Waals surface area (Å²) in [6.45, 7) is 3.02. The van der Waals surface area contributed by atoms with Crippen LogP contribution in [0.5, 0.6) is 17.2 Å². The number of hydrogen-bond donors (Lipinski definition) is 6. The second kappa shape index (κ2) is 9.38. The van der Waals surface area contributed by atoms with Gasteiger partial charge in [-0.15, -0.1) is 0 Å². The first kappa shape index (κ1) is 25.4. The molecular weight excluding hydrogens is 458 g/mol. The van der Waals surface area contributed by atoms with Gasteiger partial charge in [0.15, 0.2) is 5.78 Å². The summed E-state index contributed by atoms with van der Waals surface area (Å²) in [7, 11) is 1.44. The van der Waals surface area contributed by atoms with Crippen molar-refractivity contribution in [3.8, 4) is 17.2 Å². The number of phenols is 1. The minimum atomic E-state index is -1.70. The second-order valence-corrected chi connectivity index (χ2v) is 9.26. The summed E-state index contributed by atoms with van der Waals surface area (Å²) >= 11 is 0. The number of aliphatic hydroxyl groups is 4. The van der Waals surface area contributed by atoms with Crippen LogP contribution in [0.15, 0.2) is 30.4 Å². The molecule has 10 nitrogen and oxygen atoms in total. The van der Waals surface area contributed by atoms with Gasteiger partial charge in [0.2, 0.25) is 6.29 Å². The molecule has 1 heterocycles. The van der Waals surface area contributed by atoms with Crippen LogP contribution in [-0.4, -0.2) is 80.8 Å². The van der Waals surface area contributed by atoms with Crippen molar-refractivity contribution in [2.75, 3.05) is 7.11 Å². The Balaban J connectivity index is 1.77. The van der Waals surface area contributed by atoms with Crippen molar-refractivity contribution in [2.45, 2.75) is 69.0 Å². The number of rotatable bonds is 5. The smallest absolute Gasteiger partial charge is 0.229 e. The monoisotopic (exact) mass is 489 g/mol. The number of aliphatic hydroxyl groups excluding tert-OH is 3. The number of Topliss-reactive ketones (excluding diaryl/α,β-unsaturated/α-hetero) is 1. The van der Waals surface area contributed by atoms with E-state index in [2.05, 4.69) is 0 Å². The van der Waals surface area contributed by atoms with E-state index in [4.69, 9.17) is 19.9 Å². The molecule has 7 N–H and O–H groups in total. The number of fused-ring (bicyclic) bond motifs is 1. The molecule has 2 aliphatic rings. The molecule has 1 fully saturated rings. The average molecular weight is 490 g/mol. The van der Waals surface area contributed by atoms with Crippen molar-refractivity contribution in [3.05, 3.63) is 41.5 Å². The van der Waals surface area contributed by atoms with E-state index in [-0.39, 0.29) is 40.7 Å². The third-order valence-corrected chi connectivity index (χ3v) is 6.75. The van der Waals surface area contributed by atoms with Crippen molar-refractivity contribution in [2.24, 2.45) is 5.73 Å². The van der Waals surface area contributed by atoms with Crippen LogP contribution in [0.4, 0.5) is 0 Å². The van der Waals surface area contributed by atoms with Gasteiger partial charge in [-0.2, -0.15) is 0 Å². The van der Waals surface area contributed by atoms with E-state index in [1.165, 1.54) is 26.2 Å². The lowest BCUT2D eigenvalue weighted by Crippen LogP contribution is -2.65. The van der Waals surface area contributed by atoms with Crippen LogP contribution in [0.25, 0.3) is 10.8 Å². The predicted octanol–water partition coefficient (Wildman–Crippen LogP) is 0.660. The number of ether oxygens (including phenoxy) is 3. The lowest BCUT2D eigenvalue weighted by Gasteiger charge is -2.46. The Morgan fingerprint density at radius 1 is 1.17 bits per heavy atom. The summed E-state index contributed by atoms with van der Waals surface area (Å²) in [5.74, 6) is -0.276. The maximum absolute atomic E-state index is 12.2. The maximum atomic E-state index is 12.2. The molecular formula is C25H31NO9. The Morgan fingerprint density at radius 2 is 1.89 bits per heavy atom. The predicted molar refractivity (Wildman–Crippen MR) is 126 cm³/mol. The molecule has 4 rings (SSSR count). The van der Waals surface area contributed by atoms with E-state index < -0.39 is 36.3 Å². The van der Waals surface area contributed by atoms with Crippen molar-refractivity contribution >= 4 is 16.6 Å². The molecule has 0 spiro atoms. The standard InChI is InChI=1S/C25H31NO9/c1-11-8-13-9-15(33-3)10-16(18(13)19(28)17(11)12(2)27)34-24-22(31)20(29)21(30)23(35-24)25(32)6-4-14(26)5-7-25/h4,6,8-10,14,20-24,28-32H,5,7,26H2,1-3H3. The first-order chi connectivity index (χ1) is 16.5. The molecule has 190 valence electrons. The van der Waals surface area contributed by atoms with Crippen molar-refractivity contribution in [1.29, 1.82) is 0 Å². The van der Waals surface area contributed by atoms with Crippen molar-refractivity contribution in [1.82, 2.24) is 0 Å². The molecule has 35 heavy (non-hydrogen) atoms. The summed E-state index contributed by atoms with van der Waals surface area (Å²) in [6.07, 6.45) is -4.29. The number of aryl methyl sites for hydroxylation is 1. The highest BCUT2D eigenvalue weighted by molar-refractivity contribution is 6.07. The van der Waals surface area contributed by atoms with Gasteiger partial charge >= 0.3 is 0 Å². The van der Waals surface area contributed by atoms with Gasteiger partial charge in [0.1, 0.15) is 47.3 Å². The van der Waals surface area contributed by atoms with Gasteiger partial charge in [0, 0.05) is 12.1 Å². The number of nitrogens with two attached hydrogens (primary N) is 1. The Bertz CT molecular complexity index is 1170. The lowest BCUT2D eigenvalue weighted by molar-refractivity contribution is -0.299. The number of hydrogen-bond acceptors (Lipinski definition) is 10. The molecule has 2 aromatic rings. The third-order valence-electron chi connectivity index (χ3n) is 6.75. The molecule has 7 unspecified atom stereocenters. The van der Waals surface area contributed by atoms with Crippen LogP contribution in [0.3, 0.4) is 0 Å². The van der Waals surface area contributed by atoms with Crippen LogP contribution < -0.4 is 15.2 Å². The minimum absolute atomic E-state index is 0.0129. The van der Waals surface area contributed by atoms with Crippen molar-refractivity contribution in [3.63, 3.8) is 0 Å². The number of methoxy groups -OCH3 is 1. The highest BCUT2D eigenvalue weighted by atomic mass is 16.7. The number of aromatic hydroxyl groups is 1. The molecule has 2 aromatic carbocycles. The number of carbonyl (C=O) groups is 1. The normalized spacial score (nSPS) is 33.0. The van der Waals surface area contributed by atoms with Gasteiger partial charge in [0.25, 0.3) is 0 Å². The summed E-state index contributed by atoms with van der Waals surface area (Å²) in [5.41, 5.74) is 4.87. The van der Waals surface area contributed by atoms with E-state index in [0.29, 0.717) is 23.1 Å². The SMILES string of the molecule is COc1cc(OC2OC(C3(O)C=CC(N)CC3)C(O)C(O)C2O)c2c(O)c(C(C)=O)c(C)cc2c1. The lowest BCUT2D eigenvalue weighted by atomic mass is 9.79. The van der Waals surface area contributed by atoms with Gasteiger partial charge < -0.3 is 45.5 Å². The fourth-order valence-electron chi connectivity index (χ4n) is 4.84. The van der Waals surface area contributed by atoms with Crippen LogP contribution in [0.1, 0.15) is 35.7 Å². The van der Waals surface area contributed by atoms with E-state index in [1.54, 1.807) is 25.1 Å². The van der Waals surface area contributed by atoms with Crippen LogP contribution in [0, 0.1) is 6.92 Å². The summed E-state index contributed by atoms with van der Waals surface area (Å²) in [4.78, 5) is 12.2. The van der Waals surface area contributed by atoms with Gasteiger partial charge in [-0.1, -0.05) is 18.2 Å². The highest BCUT2D eigenvalue weighted by Gasteiger charge is 2.53. The topological polar surface area (TPSA) is 172 Å². The molecule has 1 saturated heterocycles. The number of benzene rings is 2. The molecule has 0 saturated carbocycles. The molecule has 0 aromatic heterocycles. The highest BCUT2D eigenvalue weighted by Crippen LogP contribution is 2.42. The minimum Gasteiger partial charge on any atom is -0.506 e. The van der Waals surface area contributed by atoms with Gasteiger partial charge in [-0.25, -0.2) is 0 Å². The number of ketones is 1. The fraction of sp³-hybridized carbons (Fsp3) is 0.480. The van der Waals surface area contributed by atoms with E-state index in [1.807, 2.05) is 0 Å². The van der Waals surface area contributed by atoms with Crippen LogP contribution in [-0.2, 0) is 4.74 Å². The van der Waals surface area contributed by atoms with E-state index >= 15 is 0 Å². The van der Waals surface area contributed by atoms with Crippen LogP contribution in [0.2, 0.25) is 0 Å². The Kier molecular flexibility index (Phi) is 6.80. The average Bonchev–Trinajstić information content (AvgIpc) is 2.80. The Labute approximate surface area is 202 Å². The Morgan fingerprint density at radius 3 is 2.49 bits per heavy atom. The zero-order valence-electron chi connectivity index (χ0n) is 19.7. The summed E-state index contributed by atoms with van der Waals surface area (Å²) < 4.78 is 17.1.